The molecular formula is C14H6ClF2N3S. The number of nitrogens with zero attached hydrogens (tertiary/aromatic N) is 2. The fourth-order valence-corrected chi connectivity index (χ4v) is 2.62. The van der Waals surface area contributed by atoms with Crippen LogP contribution in [0, 0.1) is 27.7 Å². The number of rotatable bonds is 1. The van der Waals surface area contributed by atoms with Gasteiger partial charge in [0.25, 0.3) is 0 Å². The molecule has 3 rings (SSSR count). The van der Waals surface area contributed by atoms with Crippen molar-refractivity contribution in [2.24, 2.45) is 0 Å². The van der Waals surface area contributed by atoms with Crippen LogP contribution in [0.5, 0.6) is 0 Å². The number of aromatic amines is 1. The molecule has 0 amide bonds. The summed E-state index contributed by atoms with van der Waals surface area (Å²) in [5, 5.41) is 9.04. The first-order valence-corrected chi connectivity index (χ1v) is 6.60. The summed E-state index contributed by atoms with van der Waals surface area (Å²) in [6.07, 6.45) is 0. The maximum absolute atomic E-state index is 13.8. The van der Waals surface area contributed by atoms with Crippen molar-refractivity contribution in [3.63, 3.8) is 0 Å². The SMILES string of the molecule is N#Cc1c(F)cccc1-n1c(=S)[nH]c2cc(F)c(Cl)cc21. The van der Waals surface area contributed by atoms with Crippen LogP contribution in [0.4, 0.5) is 8.78 Å². The predicted molar refractivity (Wildman–Crippen MR) is 78.1 cm³/mol. The van der Waals surface area contributed by atoms with Crippen molar-refractivity contribution < 1.29 is 8.78 Å². The van der Waals surface area contributed by atoms with Gasteiger partial charge in [0.05, 0.1) is 21.7 Å². The average molecular weight is 322 g/mol. The van der Waals surface area contributed by atoms with Gasteiger partial charge in [0, 0.05) is 6.07 Å². The van der Waals surface area contributed by atoms with Gasteiger partial charge in [-0.25, -0.2) is 8.78 Å². The molecule has 104 valence electrons. The van der Waals surface area contributed by atoms with E-state index < -0.39 is 11.6 Å². The van der Waals surface area contributed by atoms with Crippen LogP contribution >= 0.6 is 23.8 Å². The van der Waals surface area contributed by atoms with Crippen molar-refractivity contribution in [2.45, 2.75) is 0 Å². The van der Waals surface area contributed by atoms with E-state index in [9.17, 15) is 8.78 Å². The van der Waals surface area contributed by atoms with Crippen molar-refractivity contribution in [3.05, 3.63) is 57.3 Å². The highest BCUT2D eigenvalue weighted by atomic mass is 35.5. The number of hydrogen-bond acceptors (Lipinski definition) is 2. The van der Waals surface area contributed by atoms with Crippen molar-refractivity contribution in [3.8, 4) is 11.8 Å². The number of fused-ring (bicyclic) bond motifs is 1. The van der Waals surface area contributed by atoms with Crippen LogP contribution in [0.2, 0.25) is 5.02 Å². The van der Waals surface area contributed by atoms with Gasteiger partial charge in [-0.2, -0.15) is 5.26 Å². The van der Waals surface area contributed by atoms with Gasteiger partial charge in [-0.15, -0.1) is 0 Å². The summed E-state index contributed by atoms with van der Waals surface area (Å²) < 4.78 is 28.9. The van der Waals surface area contributed by atoms with Gasteiger partial charge in [-0.3, -0.25) is 4.57 Å². The zero-order valence-corrected chi connectivity index (χ0v) is 11.9. The molecule has 0 fully saturated rings. The van der Waals surface area contributed by atoms with Crippen molar-refractivity contribution >= 4 is 34.9 Å². The molecule has 1 N–H and O–H groups in total. The third-order valence-electron chi connectivity index (χ3n) is 3.07. The van der Waals surface area contributed by atoms with E-state index in [4.69, 9.17) is 29.1 Å². The Balaban J connectivity index is 2.44. The Kier molecular flexibility index (Phi) is 3.24. The number of benzene rings is 2. The molecule has 7 heteroatoms. The van der Waals surface area contributed by atoms with Crippen LogP contribution in [0.15, 0.2) is 30.3 Å². The van der Waals surface area contributed by atoms with E-state index in [2.05, 4.69) is 4.98 Å². The number of imidazole rings is 1. The van der Waals surface area contributed by atoms with Crippen LogP contribution in [-0.4, -0.2) is 9.55 Å². The molecule has 2 aromatic carbocycles. The lowest BCUT2D eigenvalue weighted by Gasteiger charge is -2.07. The Morgan fingerprint density at radius 1 is 1.24 bits per heavy atom. The van der Waals surface area contributed by atoms with Gasteiger partial charge in [-0.1, -0.05) is 17.7 Å². The molecule has 0 aliphatic heterocycles. The Morgan fingerprint density at radius 3 is 2.71 bits per heavy atom. The molecular weight excluding hydrogens is 316 g/mol. The van der Waals surface area contributed by atoms with Crippen LogP contribution in [0.3, 0.4) is 0 Å². The predicted octanol–water partition coefficient (Wildman–Crippen LogP) is 4.49. The summed E-state index contributed by atoms with van der Waals surface area (Å²) in [6, 6.07) is 8.60. The number of hydrogen-bond donors (Lipinski definition) is 1. The largest absolute Gasteiger partial charge is 0.330 e. The molecule has 0 bridgehead atoms. The molecule has 0 aliphatic carbocycles. The first kappa shape index (κ1) is 13.7. The summed E-state index contributed by atoms with van der Waals surface area (Å²) in [5.41, 5.74) is 1.01. The molecule has 0 radical (unpaired) electrons. The zero-order valence-electron chi connectivity index (χ0n) is 10.3. The first-order valence-electron chi connectivity index (χ1n) is 5.81. The highest BCUT2D eigenvalue weighted by Crippen LogP contribution is 2.27. The molecule has 0 spiro atoms. The summed E-state index contributed by atoms with van der Waals surface area (Å²) in [7, 11) is 0. The van der Waals surface area contributed by atoms with E-state index in [1.807, 2.05) is 0 Å². The highest BCUT2D eigenvalue weighted by molar-refractivity contribution is 7.71. The van der Waals surface area contributed by atoms with Crippen LogP contribution in [-0.2, 0) is 0 Å². The number of halogens is 3. The summed E-state index contributed by atoms with van der Waals surface area (Å²) in [6.45, 7) is 0. The number of nitriles is 1. The van der Waals surface area contributed by atoms with Gasteiger partial charge in [0.2, 0.25) is 0 Å². The fraction of sp³-hybridized carbons (Fsp3) is 0. The fourth-order valence-electron chi connectivity index (χ4n) is 2.15. The topological polar surface area (TPSA) is 44.5 Å². The Labute approximate surface area is 128 Å². The highest BCUT2D eigenvalue weighted by Gasteiger charge is 2.15. The smallest absolute Gasteiger partial charge is 0.182 e. The van der Waals surface area contributed by atoms with Gasteiger partial charge in [0.1, 0.15) is 23.3 Å². The Bertz CT molecular complexity index is 969. The third-order valence-corrected chi connectivity index (χ3v) is 3.64. The maximum Gasteiger partial charge on any atom is 0.182 e. The maximum atomic E-state index is 13.8. The normalized spacial score (nSPS) is 10.8. The number of H-pyrrole nitrogens is 1. The molecule has 0 saturated carbocycles. The van der Waals surface area contributed by atoms with Crippen molar-refractivity contribution in [1.29, 1.82) is 5.26 Å². The minimum absolute atomic E-state index is 0.0832. The lowest BCUT2D eigenvalue weighted by atomic mass is 10.1. The molecule has 3 nitrogen and oxygen atoms in total. The van der Waals surface area contributed by atoms with Gasteiger partial charge in [-0.05, 0) is 30.4 Å². The quantitative estimate of drug-likeness (QED) is 0.671. The lowest BCUT2D eigenvalue weighted by Crippen LogP contribution is -2.00. The Hall–Kier alpha value is -2.23. The number of aromatic nitrogens is 2. The minimum atomic E-state index is -0.653. The lowest BCUT2D eigenvalue weighted by molar-refractivity contribution is 0.622. The molecule has 0 saturated heterocycles. The summed E-state index contributed by atoms with van der Waals surface area (Å²) in [5.74, 6) is -1.24. The van der Waals surface area contributed by atoms with E-state index in [1.54, 1.807) is 12.1 Å². The third kappa shape index (κ3) is 2.11. The van der Waals surface area contributed by atoms with Gasteiger partial charge in [0.15, 0.2) is 4.77 Å². The standard InChI is InChI=1S/C14H6ClF2N3S/c15-8-4-13-11(5-10(8)17)19-14(21)20(13)12-3-1-2-9(16)7(12)6-18/h1-5H,(H,19,21). The molecule has 1 heterocycles. The van der Waals surface area contributed by atoms with E-state index in [-0.39, 0.29) is 21.0 Å². The van der Waals surface area contributed by atoms with Crippen molar-refractivity contribution in [2.75, 3.05) is 0 Å². The summed E-state index contributed by atoms with van der Waals surface area (Å²) in [4.78, 5) is 2.81. The van der Waals surface area contributed by atoms with E-state index >= 15 is 0 Å². The molecule has 1 aromatic heterocycles. The number of nitrogens with one attached hydrogen (secondary N) is 1. The van der Waals surface area contributed by atoms with Gasteiger partial charge >= 0.3 is 0 Å². The second kappa shape index (κ2) is 4.95. The Morgan fingerprint density at radius 2 is 2.00 bits per heavy atom. The van der Waals surface area contributed by atoms with Gasteiger partial charge < -0.3 is 4.98 Å². The van der Waals surface area contributed by atoms with E-state index in [0.29, 0.717) is 11.0 Å². The van der Waals surface area contributed by atoms with Crippen LogP contribution < -0.4 is 0 Å². The molecule has 0 atom stereocenters. The molecule has 0 unspecified atom stereocenters. The second-order valence-corrected chi connectivity index (χ2v) is 5.09. The monoisotopic (exact) mass is 321 g/mol. The average Bonchev–Trinajstić information content (AvgIpc) is 2.74. The first-order chi connectivity index (χ1) is 10.0. The van der Waals surface area contributed by atoms with Crippen LogP contribution in [0.1, 0.15) is 5.56 Å². The minimum Gasteiger partial charge on any atom is -0.330 e. The van der Waals surface area contributed by atoms with E-state index in [0.717, 1.165) is 0 Å². The molecule has 3 aromatic rings. The zero-order chi connectivity index (χ0) is 15.1. The van der Waals surface area contributed by atoms with E-state index in [1.165, 1.54) is 28.8 Å². The van der Waals surface area contributed by atoms with Crippen LogP contribution in [0.25, 0.3) is 16.7 Å². The van der Waals surface area contributed by atoms with Crippen molar-refractivity contribution in [1.82, 2.24) is 9.55 Å². The summed E-state index contributed by atoms with van der Waals surface area (Å²) >= 11 is 11.0. The molecule has 21 heavy (non-hydrogen) atoms. The molecule has 0 aliphatic rings. The second-order valence-electron chi connectivity index (χ2n) is 4.29.